The Morgan fingerprint density at radius 3 is 2.75 bits per heavy atom. The average Bonchev–Trinajstić information content (AvgIpc) is 2.70. The van der Waals surface area contributed by atoms with E-state index in [-0.39, 0.29) is 23.7 Å². The van der Waals surface area contributed by atoms with Crippen LogP contribution < -0.4 is 5.73 Å². The molecule has 0 aromatic heterocycles. The Hall–Kier alpha value is -1.55. The number of nitrogens with two attached hydrogens (primary N) is 1. The molecule has 0 aliphatic carbocycles. The zero-order chi connectivity index (χ0) is 14.9. The lowest BCUT2D eigenvalue weighted by molar-refractivity contribution is -0.129. The third kappa shape index (κ3) is 3.12. The van der Waals surface area contributed by atoms with Crippen LogP contribution in [-0.4, -0.2) is 29.8 Å². The number of halogens is 1. The summed E-state index contributed by atoms with van der Waals surface area (Å²) in [5, 5.41) is 0.679. The summed E-state index contributed by atoms with van der Waals surface area (Å²) < 4.78 is 0. The third-order valence-corrected chi connectivity index (χ3v) is 4.04. The number of rotatable bonds is 4. The number of benzene rings is 1. The van der Waals surface area contributed by atoms with Crippen LogP contribution in [0, 0.1) is 5.92 Å². The topological polar surface area (TPSA) is 63.4 Å². The van der Waals surface area contributed by atoms with E-state index in [4.69, 9.17) is 17.3 Å². The van der Waals surface area contributed by atoms with Crippen molar-refractivity contribution in [2.45, 2.75) is 25.7 Å². The van der Waals surface area contributed by atoms with Gasteiger partial charge in [0.25, 0.3) is 0 Å². The number of hydrogen-bond acceptors (Lipinski definition) is 2. The molecule has 1 saturated heterocycles. The molecule has 1 fully saturated rings. The smallest absolute Gasteiger partial charge is 0.223 e. The SMILES string of the molecule is CC(C)(CN1CC(C(N)=O)CC1=O)c1cccc(Cl)c1. The van der Waals surface area contributed by atoms with Crippen molar-refractivity contribution in [2.24, 2.45) is 11.7 Å². The molecule has 2 rings (SSSR count). The molecular formula is C15H19ClN2O2. The van der Waals surface area contributed by atoms with E-state index in [1.807, 2.05) is 24.3 Å². The Kier molecular flexibility index (Phi) is 4.04. The van der Waals surface area contributed by atoms with Gasteiger partial charge in [-0.2, -0.15) is 0 Å². The first-order valence-corrected chi connectivity index (χ1v) is 7.00. The van der Waals surface area contributed by atoms with Gasteiger partial charge in [-0.1, -0.05) is 37.6 Å². The number of hydrogen-bond donors (Lipinski definition) is 1. The standard InChI is InChI=1S/C15H19ClN2O2/c1-15(2,11-4-3-5-12(16)7-11)9-18-8-10(14(17)20)6-13(18)19/h3-5,7,10H,6,8-9H2,1-2H3,(H2,17,20). The van der Waals surface area contributed by atoms with Crippen molar-refractivity contribution in [1.29, 1.82) is 0 Å². The zero-order valence-corrected chi connectivity index (χ0v) is 12.5. The molecule has 1 atom stereocenters. The first-order valence-electron chi connectivity index (χ1n) is 6.63. The lowest BCUT2D eigenvalue weighted by atomic mass is 9.84. The van der Waals surface area contributed by atoms with Gasteiger partial charge in [0, 0.05) is 29.9 Å². The lowest BCUT2D eigenvalue weighted by Crippen LogP contribution is -2.38. The summed E-state index contributed by atoms with van der Waals surface area (Å²) in [6.45, 7) is 5.08. The fourth-order valence-corrected chi connectivity index (χ4v) is 2.78. The Labute approximate surface area is 123 Å². The van der Waals surface area contributed by atoms with E-state index in [0.29, 0.717) is 18.1 Å². The molecule has 0 saturated carbocycles. The van der Waals surface area contributed by atoms with E-state index >= 15 is 0 Å². The predicted molar refractivity (Wildman–Crippen MR) is 78.4 cm³/mol. The highest BCUT2D eigenvalue weighted by molar-refractivity contribution is 6.30. The third-order valence-electron chi connectivity index (χ3n) is 3.81. The van der Waals surface area contributed by atoms with Crippen molar-refractivity contribution >= 4 is 23.4 Å². The number of likely N-dealkylation sites (tertiary alicyclic amines) is 1. The Morgan fingerprint density at radius 2 is 2.20 bits per heavy atom. The van der Waals surface area contributed by atoms with Crippen LogP contribution in [0.2, 0.25) is 5.02 Å². The molecule has 5 heteroatoms. The molecule has 1 heterocycles. The summed E-state index contributed by atoms with van der Waals surface area (Å²) in [7, 11) is 0. The van der Waals surface area contributed by atoms with Gasteiger partial charge in [0.05, 0.1) is 5.92 Å². The quantitative estimate of drug-likeness (QED) is 0.922. The molecule has 20 heavy (non-hydrogen) atoms. The van der Waals surface area contributed by atoms with E-state index in [2.05, 4.69) is 13.8 Å². The fourth-order valence-electron chi connectivity index (χ4n) is 2.59. The van der Waals surface area contributed by atoms with Gasteiger partial charge in [0.15, 0.2) is 0 Å². The molecule has 1 aliphatic rings. The lowest BCUT2D eigenvalue weighted by Gasteiger charge is -2.31. The molecule has 4 nitrogen and oxygen atoms in total. The molecule has 1 unspecified atom stereocenters. The Morgan fingerprint density at radius 1 is 1.50 bits per heavy atom. The normalized spacial score (nSPS) is 19.4. The molecule has 0 spiro atoms. The van der Waals surface area contributed by atoms with Crippen LogP contribution in [-0.2, 0) is 15.0 Å². The van der Waals surface area contributed by atoms with E-state index in [1.165, 1.54) is 0 Å². The molecule has 0 bridgehead atoms. The monoisotopic (exact) mass is 294 g/mol. The van der Waals surface area contributed by atoms with Gasteiger partial charge in [0.1, 0.15) is 0 Å². The molecule has 2 amide bonds. The van der Waals surface area contributed by atoms with Crippen LogP contribution in [0.3, 0.4) is 0 Å². The van der Waals surface area contributed by atoms with Gasteiger partial charge in [-0.05, 0) is 17.7 Å². The maximum atomic E-state index is 12.0. The minimum absolute atomic E-state index is 0.0103. The molecule has 1 aromatic rings. The maximum absolute atomic E-state index is 12.0. The summed E-state index contributed by atoms with van der Waals surface area (Å²) in [5.74, 6) is -0.775. The second-order valence-electron chi connectivity index (χ2n) is 5.97. The molecule has 108 valence electrons. The molecule has 1 aliphatic heterocycles. The van der Waals surface area contributed by atoms with Gasteiger partial charge < -0.3 is 10.6 Å². The summed E-state index contributed by atoms with van der Waals surface area (Å²) in [6, 6.07) is 7.63. The molecule has 2 N–H and O–H groups in total. The van der Waals surface area contributed by atoms with Gasteiger partial charge >= 0.3 is 0 Å². The van der Waals surface area contributed by atoms with Crippen LogP contribution in [0.25, 0.3) is 0 Å². The van der Waals surface area contributed by atoms with Crippen LogP contribution in [0.1, 0.15) is 25.8 Å². The van der Waals surface area contributed by atoms with Crippen LogP contribution in [0.4, 0.5) is 0 Å². The summed E-state index contributed by atoms with van der Waals surface area (Å²) in [5.41, 5.74) is 6.12. The summed E-state index contributed by atoms with van der Waals surface area (Å²) in [6.07, 6.45) is 0.223. The minimum atomic E-state index is -0.401. The fraction of sp³-hybridized carbons (Fsp3) is 0.467. The van der Waals surface area contributed by atoms with E-state index in [1.54, 1.807) is 4.90 Å². The van der Waals surface area contributed by atoms with Gasteiger partial charge in [-0.25, -0.2) is 0 Å². The number of amides is 2. The Balaban J connectivity index is 2.12. The van der Waals surface area contributed by atoms with E-state index < -0.39 is 5.91 Å². The van der Waals surface area contributed by atoms with Crippen molar-refractivity contribution < 1.29 is 9.59 Å². The second kappa shape index (κ2) is 5.44. The number of carbonyl (C=O) groups is 2. The summed E-state index contributed by atoms with van der Waals surface area (Å²) >= 11 is 6.02. The first kappa shape index (κ1) is 14.9. The molecule has 0 radical (unpaired) electrons. The highest BCUT2D eigenvalue weighted by Gasteiger charge is 2.36. The predicted octanol–water partition coefficient (Wildman–Crippen LogP) is 1.95. The number of nitrogens with zero attached hydrogens (tertiary/aromatic N) is 1. The van der Waals surface area contributed by atoms with E-state index in [9.17, 15) is 9.59 Å². The highest BCUT2D eigenvalue weighted by Crippen LogP contribution is 2.29. The molecule has 1 aromatic carbocycles. The van der Waals surface area contributed by atoms with Gasteiger partial charge in [-0.15, -0.1) is 0 Å². The van der Waals surface area contributed by atoms with Crippen molar-refractivity contribution in [3.8, 4) is 0 Å². The number of carbonyl (C=O) groups excluding carboxylic acids is 2. The van der Waals surface area contributed by atoms with Crippen LogP contribution in [0.5, 0.6) is 0 Å². The zero-order valence-electron chi connectivity index (χ0n) is 11.7. The minimum Gasteiger partial charge on any atom is -0.369 e. The van der Waals surface area contributed by atoms with Crippen LogP contribution in [0.15, 0.2) is 24.3 Å². The van der Waals surface area contributed by atoms with E-state index in [0.717, 1.165) is 5.56 Å². The highest BCUT2D eigenvalue weighted by atomic mass is 35.5. The van der Waals surface area contributed by atoms with Crippen molar-refractivity contribution in [2.75, 3.05) is 13.1 Å². The van der Waals surface area contributed by atoms with Gasteiger partial charge in [0.2, 0.25) is 11.8 Å². The average molecular weight is 295 g/mol. The largest absolute Gasteiger partial charge is 0.369 e. The van der Waals surface area contributed by atoms with Crippen molar-refractivity contribution in [1.82, 2.24) is 4.90 Å². The van der Waals surface area contributed by atoms with Crippen LogP contribution >= 0.6 is 11.6 Å². The first-order chi connectivity index (χ1) is 9.29. The van der Waals surface area contributed by atoms with Gasteiger partial charge in [-0.3, -0.25) is 9.59 Å². The number of primary amides is 1. The molecular weight excluding hydrogens is 276 g/mol. The van der Waals surface area contributed by atoms with Crippen molar-refractivity contribution in [3.05, 3.63) is 34.9 Å². The van der Waals surface area contributed by atoms with Crippen molar-refractivity contribution in [3.63, 3.8) is 0 Å². The second-order valence-corrected chi connectivity index (χ2v) is 6.41. The summed E-state index contributed by atoms with van der Waals surface area (Å²) in [4.78, 5) is 24.9. The Bertz CT molecular complexity index is 542. The maximum Gasteiger partial charge on any atom is 0.223 e.